The van der Waals surface area contributed by atoms with Gasteiger partial charge in [0.1, 0.15) is 17.8 Å². The molecule has 6 heteroatoms. The van der Waals surface area contributed by atoms with Crippen molar-refractivity contribution in [2.24, 2.45) is 11.7 Å². The van der Waals surface area contributed by atoms with E-state index in [0.717, 1.165) is 13.1 Å². The third-order valence-electron chi connectivity index (χ3n) is 3.09. The number of anilines is 1. The number of carbonyl (C=O) groups excluding carboxylic acids is 1. The van der Waals surface area contributed by atoms with Gasteiger partial charge in [0.2, 0.25) is 0 Å². The molecule has 0 spiro atoms. The number of amides is 1. The van der Waals surface area contributed by atoms with Crippen LogP contribution in [-0.4, -0.2) is 40.2 Å². The third kappa shape index (κ3) is 2.52. The van der Waals surface area contributed by atoms with Gasteiger partial charge in [0.25, 0.3) is 5.91 Å². The van der Waals surface area contributed by atoms with Crippen molar-refractivity contribution in [3.05, 3.63) is 18.1 Å². The highest BCUT2D eigenvalue weighted by Crippen LogP contribution is 2.21. The highest BCUT2D eigenvalue weighted by atomic mass is 16.3. The fraction of sp³-hybridized carbons (Fsp3) is 0.545. The molecule has 1 aromatic heterocycles. The molecule has 0 aromatic carbocycles. The van der Waals surface area contributed by atoms with E-state index in [4.69, 9.17) is 5.73 Å². The van der Waals surface area contributed by atoms with E-state index < -0.39 is 5.91 Å². The van der Waals surface area contributed by atoms with Gasteiger partial charge in [-0.3, -0.25) is 4.79 Å². The number of aromatic nitrogens is 2. The van der Waals surface area contributed by atoms with Crippen molar-refractivity contribution in [3.8, 4) is 0 Å². The lowest BCUT2D eigenvalue weighted by Crippen LogP contribution is -2.42. The largest absolute Gasteiger partial charge is 0.393 e. The molecular formula is C11H16N4O2. The Morgan fingerprint density at radius 1 is 1.59 bits per heavy atom. The van der Waals surface area contributed by atoms with E-state index >= 15 is 0 Å². The van der Waals surface area contributed by atoms with Gasteiger partial charge in [-0.1, -0.05) is 6.92 Å². The molecule has 1 saturated heterocycles. The van der Waals surface area contributed by atoms with E-state index in [9.17, 15) is 9.90 Å². The summed E-state index contributed by atoms with van der Waals surface area (Å²) >= 11 is 0. The molecule has 2 unspecified atom stereocenters. The Bertz CT molecular complexity index is 424. The maximum absolute atomic E-state index is 11.0. The summed E-state index contributed by atoms with van der Waals surface area (Å²) in [4.78, 5) is 21.0. The summed E-state index contributed by atoms with van der Waals surface area (Å²) in [6.07, 6.45) is 1.78. The van der Waals surface area contributed by atoms with Crippen LogP contribution in [0.3, 0.4) is 0 Å². The molecule has 1 aliphatic rings. The molecule has 92 valence electrons. The van der Waals surface area contributed by atoms with Crippen molar-refractivity contribution in [1.29, 1.82) is 0 Å². The molecule has 3 N–H and O–H groups in total. The molecule has 0 bridgehead atoms. The first-order valence-electron chi connectivity index (χ1n) is 5.63. The number of hydrogen-bond acceptors (Lipinski definition) is 5. The summed E-state index contributed by atoms with van der Waals surface area (Å²) < 4.78 is 0. The van der Waals surface area contributed by atoms with Crippen LogP contribution in [-0.2, 0) is 0 Å². The van der Waals surface area contributed by atoms with Gasteiger partial charge in [0.05, 0.1) is 6.10 Å². The average Bonchev–Trinajstić information content (AvgIpc) is 2.33. The van der Waals surface area contributed by atoms with Gasteiger partial charge in [-0.15, -0.1) is 0 Å². The number of primary amides is 1. The van der Waals surface area contributed by atoms with E-state index in [2.05, 4.69) is 9.97 Å². The maximum atomic E-state index is 11.0. The normalized spacial score (nSPS) is 24.7. The standard InChI is InChI=1S/C11H16N4O2/c1-7-5-15(3-2-9(7)16)10-4-8(11(12)17)13-6-14-10/h4,6-7,9,16H,2-3,5H2,1H3,(H2,12,17). The molecule has 0 saturated carbocycles. The summed E-state index contributed by atoms with van der Waals surface area (Å²) in [7, 11) is 0. The highest BCUT2D eigenvalue weighted by Gasteiger charge is 2.25. The van der Waals surface area contributed by atoms with Crippen molar-refractivity contribution in [1.82, 2.24) is 9.97 Å². The molecule has 0 radical (unpaired) electrons. The van der Waals surface area contributed by atoms with Crippen LogP contribution >= 0.6 is 0 Å². The smallest absolute Gasteiger partial charge is 0.267 e. The summed E-state index contributed by atoms with van der Waals surface area (Å²) in [5.74, 6) is 0.321. The monoisotopic (exact) mass is 236 g/mol. The van der Waals surface area contributed by atoms with Crippen LogP contribution in [0.25, 0.3) is 0 Å². The van der Waals surface area contributed by atoms with Gasteiger partial charge in [0.15, 0.2) is 0 Å². The number of aliphatic hydroxyl groups is 1. The predicted molar refractivity (Wildman–Crippen MR) is 62.6 cm³/mol. The molecule has 0 aliphatic carbocycles. The van der Waals surface area contributed by atoms with E-state index in [-0.39, 0.29) is 17.7 Å². The van der Waals surface area contributed by atoms with Crippen LogP contribution in [0.1, 0.15) is 23.8 Å². The lowest BCUT2D eigenvalue weighted by molar-refractivity contribution is 0.0965. The van der Waals surface area contributed by atoms with Crippen molar-refractivity contribution in [3.63, 3.8) is 0 Å². The molecule has 2 atom stereocenters. The van der Waals surface area contributed by atoms with Crippen LogP contribution in [0, 0.1) is 5.92 Å². The van der Waals surface area contributed by atoms with Crippen LogP contribution < -0.4 is 10.6 Å². The maximum Gasteiger partial charge on any atom is 0.267 e. The zero-order valence-corrected chi connectivity index (χ0v) is 9.71. The molecule has 2 heterocycles. The lowest BCUT2D eigenvalue weighted by Gasteiger charge is -2.35. The van der Waals surface area contributed by atoms with Gasteiger partial charge in [-0.2, -0.15) is 0 Å². The van der Waals surface area contributed by atoms with Gasteiger partial charge in [-0.25, -0.2) is 9.97 Å². The summed E-state index contributed by atoms with van der Waals surface area (Å²) in [6, 6.07) is 1.59. The number of rotatable bonds is 2. The molecule has 2 rings (SSSR count). The Kier molecular flexibility index (Phi) is 3.23. The van der Waals surface area contributed by atoms with E-state index in [1.807, 2.05) is 11.8 Å². The minimum absolute atomic E-state index is 0.191. The number of carbonyl (C=O) groups is 1. The van der Waals surface area contributed by atoms with Gasteiger partial charge >= 0.3 is 0 Å². The molecule has 1 aliphatic heterocycles. The van der Waals surface area contributed by atoms with E-state index in [1.165, 1.54) is 6.33 Å². The Balaban J connectivity index is 2.17. The number of nitrogens with two attached hydrogens (primary N) is 1. The summed E-state index contributed by atoms with van der Waals surface area (Å²) in [6.45, 7) is 3.43. The third-order valence-corrected chi connectivity index (χ3v) is 3.09. The van der Waals surface area contributed by atoms with Gasteiger partial charge < -0.3 is 15.7 Å². The van der Waals surface area contributed by atoms with Gasteiger partial charge in [-0.05, 0) is 12.3 Å². The highest BCUT2D eigenvalue weighted by molar-refractivity contribution is 5.91. The quantitative estimate of drug-likeness (QED) is 0.740. The average molecular weight is 236 g/mol. The first kappa shape index (κ1) is 11.8. The van der Waals surface area contributed by atoms with Gasteiger partial charge in [0, 0.05) is 19.2 Å². The number of piperidine rings is 1. The first-order chi connectivity index (χ1) is 8.08. The topological polar surface area (TPSA) is 92.3 Å². The van der Waals surface area contributed by atoms with E-state index in [0.29, 0.717) is 12.2 Å². The zero-order valence-electron chi connectivity index (χ0n) is 9.71. The zero-order chi connectivity index (χ0) is 12.4. The predicted octanol–water partition coefficient (Wildman–Crippen LogP) is -0.217. The Morgan fingerprint density at radius 3 is 3.00 bits per heavy atom. The SMILES string of the molecule is CC1CN(c2cc(C(N)=O)ncn2)CCC1O. The molecule has 6 nitrogen and oxygen atoms in total. The number of aliphatic hydroxyl groups excluding tert-OH is 1. The van der Waals surface area contributed by atoms with Crippen LogP contribution in [0.15, 0.2) is 12.4 Å². The molecule has 1 fully saturated rings. The van der Waals surface area contributed by atoms with E-state index in [1.54, 1.807) is 6.07 Å². The van der Waals surface area contributed by atoms with Crippen molar-refractivity contribution in [2.45, 2.75) is 19.4 Å². The van der Waals surface area contributed by atoms with Crippen molar-refractivity contribution < 1.29 is 9.90 Å². The Hall–Kier alpha value is -1.69. The second kappa shape index (κ2) is 4.67. The first-order valence-corrected chi connectivity index (χ1v) is 5.63. The second-order valence-electron chi connectivity index (χ2n) is 4.41. The molecule has 1 amide bonds. The van der Waals surface area contributed by atoms with Crippen LogP contribution in [0.2, 0.25) is 0 Å². The van der Waals surface area contributed by atoms with Crippen LogP contribution in [0.4, 0.5) is 5.82 Å². The van der Waals surface area contributed by atoms with Crippen LogP contribution in [0.5, 0.6) is 0 Å². The molecule has 17 heavy (non-hydrogen) atoms. The Morgan fingerprint density at radius 2 is 2.35 bits per heavy atom. The minimum Gasteiger partial charge on any atom is -0.393 e. The van der Waals surface area contributed by atoms with Crippen molar-refractivity contribution >= 4 is 11.7 Å². The molecular weight excluding hydrogens is 220 g/mol. The lowest BCUT2D eigenvalue weighted by atomic mass is 9.97. The summed E-state index contributed by atoms with van der Waals surface area (Å²) in [5.41, 5.74) is 5.39. The fourth-order valence-electron chi connectivity index (χ4n) is 2.00. The number of nitrogens with zero attached hydrogens (tertiary/aromatic N) is 3. The molecule has 1 aromatic rings. The minimum atomic E-state index is -0.557. The van der Waals surface area contributed by atoms with Crippen molar-refractivity contribution in [2.75, 3.05) is 18.0 Å². The number of hydrogen-bond donors (Lipinski definition) is 2. The summed E-state index contributed by atoms with van der Waals surface area (Å²) in [5, 5.41) is 9.65. The second-order valence-corrected chi connectivity index (χ2v) is 4.41. The fourth-order valence-corrected chi connectivity index (χ4v) is 2.00. The Labute approximate surface area is 99.5 Å².